The normalized spacial score (nSPS) is 11.8. The molecule has 164 valence electrons. The van der Waals surface area contributed by atoms with Crippen molar-refractivity contribution in [1.29, 1.82) is 0 Å². The predicted molar refractivity (Wildman–Crippen MR) is 118 cm³/mol. The van der Waals surface area contributed by atoms with Gasteiger partial charge < -0.3 is 13.9 Å². The van der Waals surface area contributed by atoms with Crippen molar-refractivity contribution in [1.82, 2.24) is 15.4 Å². The maximum absolute atomic E-state index is 12.2. The van der Waals surface area contributed by atoms with Crippen molar-refractivity contribution in [2.75, 3.05) is 0 Å². The molecule has 2 heterocycles. The van der Waals surface area contributed by atoms with Crippen molar-refractivity contribution in [3.8, 4) is 17.6 Å². The Kier molecular flexibility index (Phi) is 6.75. The molecule has 0 spiro atoms. The molecule has 4 rings (SSSR count). The van der Waals surface area contributed by atoms with Gasteiger partial charge >= 0.3 is 6.08 Å². The molecular formula is C22H17Cl2N3O5. The van der Waals surface area contributed by atoms with Crippen LogP contribution < -0.4 is 15.0 Å². The third-order valence-electron chi connectivity index (χ3n) is 4.24. The zero-order valence-corrected chi connectivity index (χ0v) is 18.3. The number of pyridine rings is 1. The number of oxazole rings is 1. The number of fused-ring (bicyclic) bond motifs is 1. The first kappa shape index (κ1) is 21.9. The van der Waals surface area contributed by atoms with Crippen LogP contribution in [0.1, 0.15) is 12.5 Å². The van der Waals surface area contributed by atoms with Crippen LogP contribution in [0.15, 0.2) is 65.2 Å². The summed E-state index contributed by atoms with van der Waals surface area (Å²) in [4.78, 5) is 25.5. The van der Waals surface area contributed by atoms with E-state index in [1.54, 1.807) is 67.7 Å². The molecule has 0 saturated carbocycles. The van der Waals surface area contributed by atoms with Gasteiger partial charge in [0.1, 0.15) is 28.8 Å². The number of rotatable bonds is 8. The van der Waals surface area contributed by atoms with Gasteiger partial charge in [0.15, 0.2) is 11.7 Å². The zero-order chi connectivity index (χ0) is 22.5. The van der Waals surface area contributed by atoms with E-state index in [4.69, 9.17) is 41.9 Å². The van der Waals surface area contributed by atoms with Crippen LogP contribution in [0.5, 0.6) is 17.6 Å². The summed E-state index contributed by atoms with van der Waals surface area (Å²) in [7, 11) is 0. The molecule has 0 fully saturated rings. The van der Waals surface area contributed by atoms with Crippen molar-refractivity contribution in [3.05, 3.63) is 76.5 Å². The summed E-state index contributed by atoms with van der Waals surface area (Å²) in [6, 6.07) is 15.2. The Balaban J connectivity index is 1.27. The van der Waals surface area contributed by atoms with E-state index in [-0.39, 0.29) is 12.7 Å². The van der Waals surface area contributed by atoms with E-state index < -0.39 is 12.0 Å². The minimum absolute atomic E-state index is 0.0942. The highest BCUT2D eigenvalue weighted by atomic mass is 35.5. The third-order valence-corrected chi connectivity index (χ3v) is 4.70. The standard InChI is InChI=1S/C22H17Cl2N3O5/c1-13(21(28)27-29-12-14-2-9-20(24)25-11-14)30-16-4-6-17(7-5-16)31-22-26-18-8-3-15(23)10-19(18)32-22/h2-11,13H,12H2,1H3,(H,27,28). The summed E-state index contributed by atoms with van der Waals surface area (Å²) < 4.78 is 16.8. The Morgan fingerprint density at radius 3 is 2.62 bits per heavy atom. The highest BCUT2D eigenvalue weighted by Gasteiger charge is 2.15. The predicted octanol–water partition coefficient (Wildman–Crippen LogP) is 5.34. The Labute approximate surface area is 193 Å². The van der Waals surface area contributed by atoms with Crippen LogP contribution in [0.25, 0.3) is 11.1 Å². The minimum atomic E-state index is -0.785. The molecule has 0 aliphatic carbocycles. The van der Waals surface area contributed by atoms with E-state index in [1.165, 1.54) is 0 Å². The van der Waals surface area contributed by atoms with Crippen molar-refractivity contribution >= 4 is 40.2 Å². The molecular weight excluding hydrogens is 457 g/mol. The molecule has 0 saturated heterocycles. The van der Waals surface area contributed by atoms with E-state index in [0.29, 0.717) is 32.8 Å². The van der Waals surface area contributed by atoms with E-state index >= 15 is 0 Å². The first-order valence-corrected chi connectivity index (χ1v) is 10.2. The van der Waals surface area contributed by atoms with Crippen LogP contribution in [-0.2, 0) is 16.2 Å². The number of carbonyl (C=O) groups is 1. The molecule has 0 bridgehead atoms. The fourth-order valence-electron chi connectivity index (χ4n) is 2.63. The quantitative estimate of drug-likeness (QED) is 0.272. The lowest BCUT2D eigenvalue weighted by atomic mass is 10.3. The lowest BCUT2D eigenvalue weighted by Crippen LogP contribution is -2.36. The van der Waals surface area contributed by atoms with Gasteiger partial charge in [0.2, 0.25) is 0 Å². The summed E-state index contributed by atoms with van der Waals surface area (Å²) in [5.41, 5.74) is 4.28. The summed E-state index contributed by atoms with van der Waals surface area (Å²) in [5.74, 6) is 0.538. The average molecular weight is 474 g/mol. The fourth-order valence-corrected chi connectivity index (χ4v) is 2.90. The van der Waals surface area contributed by atoms with Gasteiger partial charge in [-0.2, -0.15) is 4.98 Å². The molecule has 2 aromatic heterocycles. The number of benzene rings is 2. The fraction of sp³-hybridized carbons (Fsp3) is 0.136. The van der Waals surface area contributed by atoms with Gasteiger partial charge in [-0.1, -0.05) is 29.3 Å². The Morgan fingerprint density at radius 2 is 1.88 bits per heavy atom. The number of amides is 1. The lowest BCUT2D eigenvalue weighted by Gasteiger charge is -2.14. The number of aromatic nitrogens is 2. The molecule has 1 amide bonds. The van der Waals surface area contributed by atoms with Gasteiger partial charge in [0.05, 0.1) is 0 Å². The topological polar surface area (TPSA) is 95.7 Å². The monoisotopic (exact) mass is 473 g/mol. The Morgan fingerprint density at radius 1 is 1.09 bits per heavy atom. The molecule has 1 atom stereocenters. The van der Waals surface area contributed by atoms with Crippen LogP contribution >= 0.6 is 23.2 Å². The molecule has 2 aromatic carbocycles. The van der Waals surface area contributed by atoms with E-state index in [1.807, 2.05) is 0 Å². The van der Waals surface area contributed by atoms with E-state index in [2.05, 4.69) is 15.4 Å². The lowest BCUT2D eigenvalue weighted by molar-refractivity contribution is -0.141. The number of hydrogen-bond donors (Lipinski definition) is 1. The largest absolute Gasteiger partial charge is 0.481 e. The molecule has 0 aliphatic rings. The maximum atomic E-state index is 12.2. The van der Waals surface area contributed by atoms with Crippen molar-refractivity contribution < 1.29 is 23.5 Å². The van der Waals surface area contributed by atoms with Crippen LogP contribution in [-0.4, -0.2) is 22.0 Å². The second-order valence-corrected chi connectivity index (χ2v) is 7.49. The van der Waals surface area contributed by atoms with Gasteiger partial charge in [0, 0.05) is 17.3 Å². The number of nitrogens with zero attached hydrogens (tertiary/aromatic N) is 2. The molecule has 32 heavy (non-hydrogen) atoms. The number of ether oxygens (including phenoxy) is 2. The first-order valence-electron chi connectivity index (χ1n) is 9.49. The number of hydroxylamine groups is 1. The highest BCUT2D eigenvalue weighted by molar-refractivity contribution is 6.31. The smallest absolute Gasteiger partial charge is 0.400 e. The average Bonchev–Trinajstić information content (AvgIpc) is 3.17. The molecule has 0 radical (unpaired) electrons. The first-order chi connectivity index (χ1) is 15.5. The SMILES string of the molecule is CC(Oc1ccc(Oc2nc3ccc(Cl)cc3o2)cc1)C(=O)NOCc1ccc(Cl)nc1. The molecule has 0 aliphatic heterocycles. The van der Waals surface area contributed by atoms with Gasteiger partial charge in [-0.3, -0.25) is 9.63 Å². The Bertz CT molecular complexity index is 1210. The van der Waals surface area contributed by atoms with Crippen LogP contribution in [0.2, 0.25) is 10.2 Å². The maximum Gasteiger partial charge on any atom is 0.400 e. The summed E-state index contributed by atoms with van der Waals surface area (Å²) in [6.07, 6.45) is 0.872. The van der Waals surface area contributed by atoms with Crippen LogP contribution in [0.4, 0.5) is 0 Å². The van der Waals surface area contributed by atoms with Crippen molar-refractivity contribution in [3.63, 3.8) is 0 Å². The molecule has 4 aromatic rings. The summed E-state index contributed by atoms with van der Waals surface area (Å²) >= 11 is 11.7. The van der Waals surface area contributed by atoms with Crippen LogP contribution in [0.3, 0.4) is 0 Å². The Hall–Kier alpha value is -3.33. The van der Waals surface area contributed by atoms with Crippen LogP contribution in [0, 0.1) is 0 Å². The van der Waals surface area contributed by atoms with E-state index in [9.17, 15) is 4.79 Å². The molecule has 10 heteroatoms. The number of halogens is 2. The second kappa shape index (κ2) is 9.86. The molecule has 1 unspecified atom stereocenters. The summed E-state index contributed by atoms with van der Waals surface area (Å²) in [6.45, 7) is 1.76. The van der Waals surface area contributed by atoms with Gasteiger partial charge in [-0.25, -0.2) is 10.5 Å². The van der Waals surface area contributed by atoms with Gasteiger partial charge in [-0.15, -0.1) is 0 Å². The van der Waals surface area contributed by atoms with Crippen molar-refractivity contribution in [2.45, 2.75) is 19.6 Å². The number of hydrogen-bond acceptors (Lipinski definition) is 7. The number of nitrogens with one attached hydrogen (secondary N) is 1. The van der Waals surface area contributed by atoms with Gasteiger partial charge in [-0.05, 0) is 55.0 Å². The third kappa shape index (κ3) is 5.67. The van der Waals surface area contributed by atoms with Crippen molar-refractivity contribution in [2.24, 2.45) is 0 Å². The van der Waals surface area contributed by atoms with Gasteiger partial charge in [0.25, 0.3) is 5.91 Å². The number of carbonyl (C=O) groups excluding carboxylic acids is 1. The second-order valence-electron chi connectivity index (χ2n) is 6.67. The molecule has 1 N–H and O–H groups in total. The molecule has 8 nitrogen and oxygen atoms in total. The summed E-state index contributed by atoms with van der Waals surface area (Å²) in [5, 5.41) is 0.933. The highest BCUT2D eigenvalue weighted by Crippen LogP contribution is 2.28. The van der Waals surface area contributed by atoms with E-state index in [0.717, 1.165) is 5.56 Å². The minimum Gasteiger partial charge on any atom is -0.481 e. The zero-order valence-electron chi connectivity index (χ0n) is 16.7.